The molecular formula is C19H22FN3OS. The quantitative estimate of drug-likeness (QED) is 0.815. The average molecular weight is 359 g/mol. The number of likely N-dealkylation sites (tertiary alicyclic amines) is 1. The summed E-state index contributed by atoms with van der Waals surface area (Å²) in [5.74, 6) is -0.130. The molecule has 1 unspecified atom stereocenters. The molecule has 0 N–H and O–H groups in total. The minimum atomic E-state index is -0.224. The number of anilines is 1. The molecule has 0 aliphatic carbocycles. The zero-order valence-corrected chi connectivity index (χ0v) is 15.4. The molecule has 4 nitrogen and oxygen atoms in total. The fourth-order valence-corrected chi connectivity index (χ4v) is 5.15. The molecule has 1 spiro atoms. The number of halogens is 1. The van der Waals surface area contributed by atoms with Crippen LogP contribution in [-0.4, -0.2) is 40.0 Å². The van der Waals surface area contributed by atoms with E-state index in [-0.39, 0.29) is 22.8 Å². The summed E-state index contributed by atoms with van der Waals surface area (Å²) in [5, 5.41) is 0. The van der Waals surface area contributed by atoms with E-state index in [4.69, 9.17) is 0 Å². The van der Waals surface area contributed by atoms with Gasteiger partial charge in [0.15, 0.2) is 0 Å². The van der Waals surface area contributed by atoms with E-state index in [9.17, 15) is 9.18 Å². The molecule has 0 radical (unpaired) electrons. The summed E-state index contributed by atoms with van der Waals surface area (Å²) < 4.78 is 13.3. The Kier molecular flexibility index (Phi) is 3.83. The zero-order valence-electron chi connectivity index (χ0n) is 14.5. The number of hydrogen-bond acceptors (Lipinski definition) is 4. The van der Waals surface area contributed by atoms with E-state index >= 15 is 0 Å². The molecule has 4 rings (SSSR count). The highest BCUT2D eigenvalue weighted by Crippen LogP contribution is 2.47. The lowest BCUT2D eigenvalue weighted by Gasteiger charge is -2.35. The molecule has 0 bridgehead atoms. The van der Waals surface area contributed by atoms with E-state index in [0.717, 1.165) is 38.0 Å². The third-order valence-corrected chi connectivity index (χ3v) is 6.33. The van der Waals surface area contributed by atoms with Gasteiger partial charge in [-0.3, -0.25) is 9.78 Å². The molecule has 6 heteroatoms. The van der Waals surface area contributed by atoms with Gasteiger partial charge in [0, 0.05) is 24.3 Å². The maximum absolute atomic E-state index is 13.3. The normalized spacial score (nSPS) is 25.1. The molecule has 2 saturated heterocycles. The van der Waals surface area contributed by atoms with Crippen LogP contribution in [0.2, 0.25) is 0 Å². The number of benzene rings is 1. The van der Waals surface area contributed by atoms with Crippen molar-refractivity contribution in [2.45, 2.75) is 44.2 Å². The van der Waals surface area contributed by atoms with Crippen LogP contribution in [0.4, 0.5) is 10.1 Å². The van der Waals surface area contributed by atoms with Crippen molar-refractivity contribution in [2.24, 2.45) is 0 Å². The highest BCUT2D eigenvalue weighted by Gasteiger charge is 2.55. The van der Waals surface area contributed by atoms with Gasteiger partial charge in [0.05, 0.1) is 17.2 Å². The molecule has 1 atom stereocenters. The van der Waals surface area contributed by atoms with Crippen LogP contribution < -0.4 is 4.90 Å². The lowest BCUT2D eigenvalue weighted by atomic mass is 9.87. The predicted molar refractivity (Wildman–Crippen MR) is 97.6 cm³/mol. The van der Waals surface area contributed by atoms with Crippen LogP contribution in [0.25, 0.3) is 0 Å². The van der Waals surface area contributed by atoms with Crippen molar-refractivity contribution < 1.29 is 9.18 Å². The van der Waals surface area contributed by atoms with Crippen LogP contribution in [0, 0.1) is 5.82 Å². The number of carbonyl (C=O) groups excluding carboxylic acids is 1. The summed E-state index contributed by atoms with van der Waals surface area (Å²) >= 11 is 1.40. The van der Waals surface area contributed by atoms with Crippen LogP contribution in [0.15, 0.2) is 36.0 Å². The van der Waals surface area contributed by atoms with Gasteiger partial charge in [-0.25, -0.2) is 4.39 Å². The average Bonchev–Trinajstić information content (AvgIpc) is 3.27. The number of rotatable bonds is 2. The van der Waals surface area contributed by atoms with E-state index < -0.39 is 0 Å². The molecule has 3 heterocycles. The Morgan fingerprint density at radius 1 is 1.28 bits per heavy atom. The largest absolute Gasteiger partial charge is 0.364 e. The second-order valence-electron chi connectivity index (χ2n) is 7.70. The summed E-state index contributed by atoms with van der Waals surface area (Å²) in [6, 6.07) is 6.68. The van der Waals surface area contributed by atoms with Gasteiger partial charge < -0.3 is 9.80 Å². The summed E-state index contributed by atoms with van der Waals surface area (Å²) in [6.07, 6.45) is 4.62. The minimum Gasteiger partial charge on any atom is -0.364 e. The SMILES string of the molecule is CC1(C)CC2(CCCN2C(=O)c2cncs2)CN1c1ccc(F)cc1. The van der Waals surface area contributed by atoms with Crippen molar-refractivity contribution in [3.63, 3.8) is 0 Å². The monoisotopic (exact) mass is 359 g/mol. The fraction of sp³-hybridized carbons (Fsp3) is 0.474. The van der Waals surface area contributed by atoms with E-state index in [0.29, 0.717) is 4.88 Å². The maximum Gasteiger partial charge on any atom is 0.266 e. The molecule has 0 saturated carbocycles. The predicted octanol–water partition coefficient (Wildman–Crippen LogP) is 3.95. The zero-order chi connectivity index (χ0) is 17.7. The van der Waals surface area contributed by atoms with Crippen LogP contribution >= 0.6 is 11.3 Å². The Morgan fingerprint density at radius 2 is 2.04 bits per heavy atom. The van der Waals surface area contributed by atoms with Crippen molar-refractivity contribution in [1.29, 1.82) is 0 Å². The highest BCUT2D eigenvalue weighted by atomic mass is 32.1. The summed E-state index contributed by atoms with van der Waals surface area (Å²) in [5.41, 5.74) is 2.48. The molecule has 25 heavy (non-hydrogen) atoms. The lowest BCUT2D eigenvalue weighted by molar-refractivity contribution is 0.0622. The molecule has 2 aliphatic rings. The van der Waals surface area contributed by atoms with Gasteiger partial charge in [-0.1, -0.05) is 0 Å². The first kappa shape index (κ1) is 16.5. The Balaban J connectivity index is 1.66. The Labute approximate surface area is 151 Å². The second-order valence-corrected chi connectivity index (χ2v) is 8.59. The maximum atomic E-state index is 13.3. The number of aromatic nitrogens is 1. The summed E-state index contributed by atoms with van der Waals surface area (Å²) in [6.45, 7) is 6.00. The van der Waals surface area contributed by atoms with E-state index in [1.807, 2.05) is 12.1 Å². The fourth-order valence-electron chi connectivity index (χ4n) is 4.58. The van der Waals surface area contributed by atoms with E-state index in [1.54, 1.807) is 11.7 Å². The third kappa shape index (κ3) is 2.72. The number of nitrogens with zero attached hydrogens (tertiary/aromatic N) is 3. The first-order valence-electron chi connectivity index (χ1n) is 8.65. The van der Waals surface area contributed by atoms with Crippen molar-refractivity contribution in [2.75, 3.05) is 18.0 Å². The minimum absolute atomic E-state index is 0.0889. The number of hydrogen-bond donors (Lipinski definition) is 0. The van der Waals surface area contributed by atoms with Crippen LogP contribution in [0.3, 0.4) is 0 Å². The number of carbonyl (C=O) groups is 1. The Morgan fingerprint density at radius 3 is 2.72 bits per heavy atom. The van der Waals surface area contributed by atoms with Crippen LogP contribution in [-0.2, 0) is 0 Å². The molecule has 2 fully saturated rings. The van der Waals surface area contributed by atoms with Crippen LogP contribution in [0.5, 0.6) is 0 Å². The van der Waals surface area contributed by atoms with E-state index in [2.05, 4.69) is 28.6 Å². The smallest absolute Gasteiger partial charge is 0.266 e. The molecule has 1 aromatic carbocycles. The van der Waals surface area contributed by atoms with E-state index in [1.165, 1.54) is 23.5 Å². The molecule has 2 aromatic rings. The Hall–Kier alpha value is -1.95. The first-order valence-corrected chi connectivity index (χ1v) is 9.53. The lowest BCUT2D eigenvalue weighted by Crippen LogP contribution is -2.49. The van der Waals surface area contributed by atoms with Gasteiger partial charge in [-0.15, -0.1) is 11.3 Å². The summed E-state index contributed by atoms with van der Waals surface area (Å²) in [4.78, 5) is 22.1. The van der Waals surface area contributed by atoms with Crippen molar-refractivity contribution >= 4 is 22.9 Å². The molecule has 132 valence electrons. The van der Waals surface area contributed by atoms with Gasteiger partial charge in [0.25, 0.3) is 5.91 Å². The summed E-state index contributed by atoms with van der Waals surface area (Å²) in [7, 11) is 0. The van der Waals surface area contributed by atoms with Gasteiger partial charge in [0.1, 0.15) is 10.7 Å². The molecule has 2 aliphatic heterocycles. The van der Waals surface area contributed by atoms with Gasteiger partial charge in [-0.05, 0) is 57.4 Å². The van der Waals surface area contributed by atoms with Gasteiger partial charge in [-0.2, -0.15) is 0 Å². The second kappa shape index (κ2) is 5.80. The topological polar surface area (TPSA) is 36.4 Å². The molecular weight excluding hydrogens is 337 g/mol. The first-order chi connectivity index (χ1) is 11.9. The van der Waals surface area contributed by atoms with Gasteiger partial charge >= 0.3 is 0 Å². The number of amides is 1. The molecule has 1 aromatic heterocycles. The van der Waals surface area contributed by atoms with Crippen molar-refractivity contribution in [1.82, 2.24) is 9.88 Å². The highest BCUT2D eigenvalue weighted by molar-refractivity contribution is 7.11. The third-order valence-electron chi connectivity index (χ3n) is 5.57. The Bertz CT molecular complexity index is 774. The van der Waals surface area contributed by atoms with Crippen LogP contribution in [0.1, 0.15) is 42.8 Å². The standard InChI is InChI=1S/C19H22FN3OS/c1-18(2)11-19(12-23(18)15-6-4-14(20)5-7-15)8-3-9-22(19)17(24)16-10-21-13-25-16/h4-7,10,13H,3,8-9,11-12H2,1-2H3. The van der Waals surface area contributed by atoms with Gasteiger partial charge in [0.2, 0.25) is 0 Å². The molecule has 1 amide bonds. The van der Waals surface area contributed by atoms with Crippen molar-refractivity contribution in [3.8, 4) is 0 Å². The van der Waals surface area contributed by atoms with Crippen molar-refractivity contribution in [3.05, 3.63) is 46.7 Å². The number of thiazole rings is 1.